The Labute approximate surface area is 199 Å². The first-order valence-corrected chi connectivity index (χ1v) is 11.3. The molecule has 9 heteroatoms. The lowest BCUT2D eigenvalue weighted by Crippen LogP contribution is -2.27. The van der Waals surface area contributed by atoms with E-state index in [0.29, 0.717) is 22.8 Å². The highest BCUT2D eigenvalue weighted by Crippen LogP contribution is 2.25. The Balaban J connectivity index is 1.29. The van der Waals surface area contributed by atoms with Gasteiger partial charge in [-0.05, 0) is 54.2 Å². The fourth-order valence-corrected chi connectivity index (χ4v) is 3.71. The summed E-state index contributed by atoms with van der Waals surface area (Å²) in [6, 6.07) is 23.7. The highest BCUT2D eigenvalue weighted by Gasteiger charge is 2.14. The maximum absolute atomic E-state index is 12.5. The third kappa shape index (κ3) is 6.09. The number of rotatable bonds is 9. The number of carbonyl (C=O) groups is 2. The number of furan rings is 1. The molecule has 4 rings (SSSR count). The van der Waals surface area contributed by atoms with Crippen LogP contribution in [0.15, 0.2) is 88.2 Å². The standard InChI is InChI=1S/C25H22N2O6S/c28-24(26-13-14-31-20-9-11-21(12-10-20)34-25(29)27-30)22-15-17-5-4-6-18(23(17)33-22)16-32-19-7-2-1-3-8-19/h1-12,15,30H,13-14,16H2,(H,26,28)(H,27,29). The first-order valence-electron chi connectivity index (χ1n) is 10.4. The van der Waals surface area contributed by atoms with Crippen LogP contribution < -0.4 is 20.3 Å². The number of hydrogen-bond acceptors (Lipinski definition) is 7. The lowest BCUT2D eigenvalue weighted by Gasteiger charge is -2.08. The van der Waals surface area contributed by atoms with Crippen molar-refractivity contribution in [2.45, 2.75) is 11.5 Å². The first-order chi connectivity index (χ1) is 16.6. The number of fused-ring (bicyclic) bond motifs is 1. The monoisotopic (exact) mass is 478 g/mol. The smallest absolute Gasteiger partial charge is 0.307 e. The minimum Gasteiger partial charge on any atom is -0.492 e. The predicted molar refractivity (Wildman–Crippen MR) is 127 cm³/mol. The molecular weight excluding hydrogens is 456 g/mol. The molecule has 174 valence electrons. The molecule has 0 bridgehead atoms. The summed E-state index contributed by atoms with van der Waals surface area (Å²) in [4.78, 5) is 24.3. The zero-order chi connectivity index (χ0) is 23.8. The Morgan fingerprint density at radius 3 is 2.44 bits per heavy atom. The van der Waals surface area contributed by atoms with Crippen LogP contribution in [0.3, 0.4) is 0 Å². The van der Waals surface area contributed by atoms with Crippen molar-refractivity contribution in [3.63, 3.8) is 0 Å². The second kappa shape index (κ2) is 11.3. The molecule has 0 aliphatic heterocycles. The van der Waals surface area contributed by atoms with Crippen molar-refractivity contribution in [1.82, 2.24) is 10.8 Å². The van der Waals surface area contributed by atoms with E-state index in [4.69, 9.17) is 19.1 Å². The lowest BCUT2D eigenvalue weighted by molar-refractivity contribution is 0.0921. The van der Waals surface area contributed by atoms with Gasteiger partial charge in [-0.1, -0.05) is 36.4 Å². The van der Waals surface area contributed by atoms with Gasteiger partial charge in [-0.3, -0.25) is 14.8 Å². The van der Waals surface area contributed by atoms with Crippen molar-refractivity contribution in [1.29, 1.82) is 0 Å². The Morgan fingerprint density at radius 2 is 1.68 bits per heavy atom. The van der Waals surface area contributed by atoms with Crippen LogP contribution in [0, 0.1) is 0 Å². The predicted octanol–water partition coefficient (Wildman–Crippen LogP) is 5.01. The fraction of sp³-hybridized carbons (Fsp3) is 0.120. The molecule has 34 heavy (non-hydrogen) atoms. The second-order valence-corrected chi connectivity index (χ2v) is 8.17. The molecule has 0 unspecified atom stereocenters. The topological polar surface area (TPSA) is 110 Å². The van der Waals surface area contributed by atoms with Crippen LogP contribution in [-0.2, 0) is 6.61 Å². The SMILES string of the molecule is O=C(NO)Sc1ccc(OCCNC(=O)c2cc3cccc(COc4ccccc4)c3o2)cc1. The third-order valence-corrected chi connectivity index (χ3v) is 5.55. The largest absolute Gasteiger partial charge is 0.492 e. The van der Waals surface area contributed by atoms with Crippen molar-refractivity contribution >= 4 is 33.9 Å². The molecule has 3 aromatic carbocycles. The maximum Gasteiger partial charge on any atom is 0.307 e. The van der Waals surface area contributed by atoms with Crippen molar-refractivity contribution in [3.8, 4) is 11.5 Å². The van der Waals surface area contributed by atoms with Crippen molar-refractivity contribution in [2.24, 2.45) is 0 Å². The van der Waals surface area contributed by atoms with Crippen LogP contribution >= 0.6 is 11.8 Å². The number of thioether (sulfide) groups is 1. The molecule has 0 spiro atoms. The van der Waals surface area contributed by atoms with E-state index >= 15 is 0 Å². The van der Waals surface area contributed by atoms with Gasteiger partial charge in [0, 0.05) is 15.8 Å². The molecular formula is C25H22N2O6S. The van der Waals surface area contributed by atoms with Crippen LogP contribution in [0.2, 0.25) is 0 Å². The highest BCUT2D eigenvalue weighted by molar-refractivity contribution is 8.13. The van der Waals surface area contributed by atoms with Crippen LogP contribution in [0.4, 0.5) is 4.79 Å². The van der Waals surface area contributed by atoms with Crippen LogP contribution in [0.1, 0.15) is 16.1 Å². The number of para-hydroxylation sites is 2. The Kier molecular flexibility index (Phi) is 7.69. The molecule has 3 N–H and O–H groups in total. The second-order valence-electron chi connectivity index (χ2n) is 7.12. The van der Waals surface area contributed by atoms with Gasteiger partial charge in [0.1, 0.15) is 30.3 Å². The summed E-state index contributed by atoms with van der Waals surface area (Å²) in [6.07, 6.45) is 0. The number of hydrogen-bond donors (Lipinski definition) is 3. The van der Waals surface area contributed by atoms with E-state index in [-0.39, 0.29) is 24.8 Å². The fourth-order valence-electron chi connectivity index (χ4n) is 3.18. The molecule has 0 fully saturated rings. The van der Waals surface area contributed by atoms with Gasteiger partial charge < -0.3 is 19.2 Å². The Hall–Kier alpha value is -3.95. The molecule has 2 amide bonds. The molecule has 8 nitrogen and oxygen atoms in total. The van der Waals surface area contributed by atoms with E-state index < -0.39 is 5.24 Å². The third-order valence-electron chi connectivity index (χ3n) is 4.77. The summed E-state index contributed by atoms with van der Waals surface area (Å²) in [5.74, 6) is 1.23. The van der Waals surface area contributed by atoms with Crippen LogP contribution in [0.5, 0.6) is 11.5 Å². The average Bonchev–Trinajstić information content (AvgIpc) is 3.32. The normalized spacial score (nSPS) is 10.6. The summed E-state index contributed by atoms with van der Waals surface area (Å²) < 4.78 is 17.3. The zero-order valence-corrected chi connectivity index (χ0v) is 18.8. The summed E-state index contributed by atoms with van der Waals surface area (Å²) >= 11 is 0.856. The minimum atomic E-state index is -0.571. The molecule has 0 radical (unpaired) electrons. The Morgan fingerprint density at radius 1 is 0.912 bits per heavy atom. The minimum absolute atomic E-state index is 0.214. The van der Waals surface area contributed by atoms with Gasteiger partial charge in [0.25, 0.3) is 5.91 Å². The number of amides is 2. The number of benzene rings is 3. The maximum atomic E-state index is 12.5. The van der Waals surface area contributed by atoms with Crippen LogP contribution in [0.25, 0.3) is 11.0 Å². The molecule has 4 aromatic rings. The van der Waals surface area contributed by atoms with Gasteiger partial charge in [-0.15, -0.1) is 0 Å². The molecule has 0 saturated heterocycles. The highest BCUT2D eigenvalue weighted by atomic mass is 32.2. The molecule has 0 aliphatic rings. The number of hydroxylamine groups is 1. The summed E-state index contributed by atoms with van der Waals surface area (Å²) in [6.45, 7) is 0.862. The van der Waals surface area contributed by atoms with Gasteiger partial charge in [0.2, 0.25) is 0 Å². The zero-order valence-electron chi connectivity index (χ0n) is 18.0. The van der Waals surface area contributed by atoms with E-state index in [0.717, 1.165) is 28.5 Å². The molecule has 0 saturated carbocycles. The van der Waals surface area contributed by atoms with Gasteiger partial charge in [-0.2, -0.15) is 0 Å². The summed E-state index contributed by atoms with van der Waals surface area (Å²) in [7, 11) is 0. The quantitative estimate of drug-likeness (QED) is 0.134. The van der Waals surface area contributed by atoms with Crippen molar-refractivity contribution in [3.05, 3.63) is 90.2 Å². The van der Waals surface area contributed by atoms with E-state index in [1.54, 1.807) is 35.8 Å². The average molecular weight is 479 g/mol. The molecule has 1 heterocycles. The number of carbonyl (C=O) groups excluding carboxylic acids is 2. The van der Waals surface area contributed by atoms with Gasteiger partial charge in [-0.25, -0.2) is 5.48 Å². The van der Waals surface area contributed by atoms with Crippen molar-refractivity contribution < 1.29 is 28.7 Å². The molecule has 0 atom stereocenters. The molecule has 0 aliphatic carbocycles. The van der Waals surface area contributed by atoms with Gasteiger partial charge >= 0.3 is 5.24 Å². The first kappa shape index (κ1) is 23.2. The van der Waals surface area contributed by atoms with E-state index in [1.165, 1.54) is 0 Å². The van der Waals surface area contributed by atoms with Gasteiger partial charge in [0.15, 0.2) is 5.76 Å². The van der Waals surface area contributed by atoms with Crippen LogP contribution in [-0.4, -0.2) is 29.5 Å². The Bertz CT molecular complexity index is 1260. The van der Waals surface area contributed by atoms with E-state index in [2.05, 4.69) is 5.32 Å². The summed E-state index contributed by atoms with van der Waals surface area (Å²) in [5.41, 5.74) is 3.02. The number of nitrogens with one attached hydrogen (secondary N) is 2. The van der Waals surface area contributed by atoms with Crippen molar-refractivity contribution in [2.75, 3.05) is 13.2 Å². The van der Waals surface area contributed by atoms with Gasteiger partial charge in [0.05, 0.1) is 6.54 Å². The molecule has 1 aromatic heterocycles. The van der Waals surface area contributed by atoms with E-state index in [9.17, 15) is 9.59 Å². The summed E-state index contributed by atoms with van der Waals surface area (Å²) in [5, 5.41) is 11.6. The number of ether oxygens (including phenoxy) is 2. The van der Waals surface area contributed by atoms with E-state index in [1.807, 2.05) is 48.5 Å². The lowest BCUT2D eigenvalue weighted by atomic mass is 10.1.